The summed E-state index contributed by atoms with van der Waals surface area (Å²) in [4.78, 5) is 28.2. The fourth-order valence-corrected chi connectivity index (χ4v) is 6.40. The predicted octanol–water partition coefficient (Wildman–Crippen LogP) is 4.29. The van der Waals surface area contributed by atoms with Crippen LogP contribution in [0.1, 0.15) is 55.1 Å². The minimum absolute atomic E-state index is 0.0404. The number of amides is 2. The summed E-state index contributed by atoms with van der Waals surface area (Å²) in [5.74, 6) is -0.103. The summed E-state index contributed by atoms with van der Waals surface area (Å²) in [6.45, 7) is 4.55. The standard InChI is InChI=1S/C19H24N2O2S.C11H12N2O2/c1-14-12-17(13-15(2)20-14)16-8-10-19(11-9-16)24(22,23)21-18-6-4-3-5-7-18;14-8-13-7-11(15)12-6-10(13)9-4-2-1-3-5-9/h8-13,18,21H,3-7H2,1-2H3;1-5,8,10H,6-7H2,(H,12,15)/t;10-/m.1/s1. The molecule has 2 aromatic carbocycles. The van der Waals surface area contributed by atoms with Crippen molar-refractivity contribution in [3.8, 4) is 11.1 Å². The fraction of sp³-hybridized carbons (Fsp3) is 0.367. The molecule has 3 aromatic rings. The van der Waals surface area contributed by atoms with Crippen molar-refractivity contribution in [1.82, 2.24) is 19.9 Å². The topological polar surface area (TPSA) is 108 Å². The lowest BCUT2D eigenvalue weighted by Gasteiger charge is -2.32. The van der Waals surface area contributed by atoms with Crippen molar-refractivity contribution < 1.29 is 18.0 Å². The van der Waals surface area contributed by atoms with Crippen LogP contribution in [0.25, 0.3) is 11.1 Å². The molecule has 1 saturated carbocycles. The van der Waals surface area contributed by atoms with Crippen LogP contribution in [0.3, 0.4) is 0 Å². The van der Waals surface area contributed by atoms with E-state index in [9.17, 15) is 18.0 Å². The van der Waals surface area contributed by atoms with Gasteiger partial charge in [0.2, 0.25) is 22.3 Å². The van der Waals surface area contributed by atoms with Gasteiger partial charge in [0.05, 0.1) is 17.5 Å². The zero-order valence-electron chi connectivity index (χ0n) is 22.5. The van der Waals surface area contributed by atoms with Crippen molar-refractivity contribution in [1.29, 1.82) is 0 Å². The van der Waals surface area contributed by atoms with E-state index in [0.29, 0.717) is 11.4 Å². The van der Waals surface area contributed by atoms with Crippen LogP contribution < -0.4 is 10.0 Å². The predicted molar refractivity (Wildman–Crippen MR) is 151 cm³/mol. The number of benzene rings is 2. The number of sulfonamides is 1. The number of carbonyl (C=O) groups is 2. The zero-order chi connectivity index (χ0) is 27.8. The Kier molecular flexibility index (Phi) is 9.48. The molecule has 2 aliphatic rings. The molecule has 1 aliphatic heterocycles. The molecule has 2 heterocycles. The van der Waals surface area contributed by atoms with Gasteiger partial charge < -0.3 is 10.2 Å². The highest BCUT2D eigenvalue weighted by atomic mass is 32.2. The second-order valence-electron chi connectivity index (χ2n) is 10.1. The molecule has 0 radical (unpaired) electrons. The second kappa shape index (κ2) is 13.0. The summed E-state index contributed by atoms with van der Waals surface area (Å²) >= 11 is 0. The number of piperazine rings is 1. The van der Waals surface area contributed by atoms with E-state index in [1.807, 2.05) is 68.4 Å². The first-order valence-electron chi connectivity index (χ1n) is 13.4. The maximum Gasteiger partial charge on any atom is 0.240 e. The van der Waals surface area contributed by atoms with Gasteiger partial charge in [0, 0.05) is 24.0 Å². The van der Waals surface area contributed by atoms with E-state index in [0.717, 1.165) is 60.2 Å². The van der Waals surface area contributed by atoms with Gasteiger partial charge in [-0.3, -0.25) is 14.6 Å². The lowest BCUT2D eigenvalue weighted by atomic mass is 9.96. The first-order chi connectivity index (χ1) is 18.7. The number of nitrogens with zero attached hydrogens (tertiary/aromatic N) is 2. The summed E-state index contributed by atoms with van der Waals surface area (Å²) in [5, 5.41) is 2.76. The fourth-order valence-electron chi connectivity index (χ4n) is 5.09. The highest BCUT2D eigenvalue weighted by molar-refractivity contribution is 7.89. The summed E-state index contributed by atoms with van der Waals surface area (Å²) in [7, 11) is -3.44. The molecule has 0 spiro atoms. The van der Waals surface area contributed by atoms with Gasteiger partial charge in [-0.05, 0) is 67.6 Å². The first kappa shape index (κ1) is 28.4. The highest BCUT2D eigenvalue weighted by Gasteiger charge is 2.26. The van der Waals surface area contributed by atoms with Crippen LogP contribution in [0.2, 0.25) is 0 Å². The number of hydrogen-bond donors (Lipinski definition) is 2. The third kappa shape index (κ3) is 7.74. The van der Waals surface area contributed by atoms with Crippen LogP contribution in [-0.2, 0) is 19.6 Å². The number of rotatable bonds is 6. The van der Waals surface area contributed by atoms with Crippen molar-refractivity contribution in [3.63, 3.8) is 0 Å². The first-order valence-corrected chi connectivity index (χ1v) is 14.8. The minimum Gasteiger partial charge on any atom is -0.352 e. The number of aromatic nitrogens is 1. The van der Waals surface area contributed by atoms with Crippen LogP contribution in [-0.4, -0.2) is 49.8 Å². The van der Waals surface area contributed by atoms with Gasteiger partial charge >= 0.3 is 0 Å². The smallest absolute Gasteiger partial charge is 0.240 e. The monoisotopic (exact) mass is 548 g/mol. The number of hydrogen-bond acceptors (Lipinski definition) is 5. The number of carbonyl (C=O) groups excluding carboxylic acids is 2. The summed E-state index contributed by atoms with van der Waals surface area (Å²) in [5.41, 5.74) is 5.02. The van der Waals surface area contributed by atoms with Crippen LogP contribution in [0.15, 0.2) is 71.6 Å². The Balaban J connectivity index is 0.000000202. The van der Waals surface area contributed by atoms with Crippen molar-refractivity contribution >= 4 is 22.3 Å². The molecule has 2 N–H and O–H groups in total. The maximum atomic E-state index is 12.5. The zero-order valence-corrected chi connectivity index (χ0v) is 23.3. The molecule has 5 rings (SSSR count). The molecule has 2 amide bonds. The summed E-state index contributed by atoms with van der Waals surface area (Å²) in [6.07, 6.45) is 6.02. The molecule has 1 atom stereocenters. The Hall–Kier alpha value is -3.56. The Labute approximate surface area is 230 Å². The van der Waals surface area contributed by atoms with E-state index < -0.39 is 10.0 Å². The lowest BCUT2D eigenvalue weighted by molar-refractivity contribution is -0.133. The second-order valence-corrected chi connectivity index (χ2v) is 11.8. The number of nitrogens with one attached hydrogen (secondary N) is 2. The molecular formula is C30H36N4O4S. The quantitative estimate of drug-likeness (QED) is 0.447. The molecule has 0 bridgehead atoms. The molecule has 1 aromatic heterocycles. The van der Waals surface area contributed by atoms with Gasteiger partial charge in [0.15, 0.2) is 0 Å². The molecule has 1 saturated heterocycles. The van der Waals surface area contributed by atoms with Crippen LogP contribution in [0.5, 0.6) is 0 Å². The van der Waals surface area contributed by atoms with Gasteiger partial charge in [0.1, 0.15) is 0 Å². The van der Waals surface area contributed by atoms with Crippen molar-refractivity contribution in [2.45, 2.75) is 62.9 Å². The number of pyridine rings is 1. The van der Waals surface area contributed by atoms with Gasteiger partial charge in [-0.2, -0.15) is 0 Å². The van der Waals surface area contributed by atoms with E-state index in [1.165, 1.54) is 11.3 Å². The Morgan fingerprint density at radius 3 is 2.18 bits per heavy atom. The maximum absolute atomic E-state index is 12.5. The lowest BCUT2D eigenvalue weighted by Crippen LogP contribution is -2.48. The van der Waals surface area contributed by atoms with Crippen molar-refractivity contribution in [2.24, 2.45) is 0 Å². The van der Waals surface area contributed by atoms with Crippen molar-refractivity contribution in [3.05, 3.63) is 83.7 Å². The molecule has 8 nitrogen and oxygen atoms in total. The Bertz CT molecular complexity index is 1350. The van der Waals surface area contributed by atoms with Gasteiger partial charge in [0.25, 0.3) is 0 Å². The molecule has 1 aliphatic carbocycles. The molecular weight excluding hydrogens is 512 g/mol. The largest absolute Gasteiger partial charge is 0.352 e. The average Bonchev–Trinajstić information content (AvgIpc) is 2.94. The third-order valence-corrected chi connectivity index (χ3v) is 8.58. The normalized spacial score (nSPS) is 18.1. The van der Waals surface area contributed by atoms with Gasteiger partial charge in [-0.25, -0.2) is 13.1 Å². The van der Waals surface area contributed by atoms with Crippen LogP contribution in [0, 0.1) is 13.8 Å². The molecule has 206 valence electrons. The van der Waals surface area contributed by atoms with E-state index in [1.54, 1.807) is 12.1 Å². The highest BCUT2D eigenvalue weighted by Crippen LogP contribution is 2.24. The van der Waals surface area contributed by atoms with Crippen molar-refractivity contribution in [2.75, 3.05) is 13.1 Å². The molecule has 0 unspecified atom stereocenters. The average molecular weight is 549 g/mol. The number of aryl methyl sites for hydroxylation is 2. The Morgan fingerprint density at radius 2 is 1.56 bits per heavy atom. The molecule has 2 fully saturated rings. The molecule has 39 heavy (non-hydrogen) atoms. The minimum atomic E-state index is -3.44. The SMILES string of the molecule is Cc1cc(-c2ccc(S(=O)(=O)NC3CCCCC3)cc2)cc(C)n1.O=CN1CC(=O)NC[C@@H]1c1ccccc1. The Morgan fingerprint density at radius 1 is 0.923 bits per heavy atom. The van der Waals surface area contributed by atoms with E-state index in [4.69, 9.17) is 0 Å². The summed E-state index contributed by atoms with van der Waals surface area (Å²) < 4.78 is 27.9. The summed E-state index contributed by atoms with van der Waals surface area (Å²) in [6, 6.07) is 20.9. The van der Waals surface area contributed by atoms with Crippen LogP contribution in [0.4, 0.5) is 0 Å². The van der Waals surface area contributed by atoms with E-state index >= 15 is 0 Å². The van der Waals surface area contributed by atoms with Gasteiger partial charge in [-0.1, -0.05) is 61.7 Å². The molecule has 9 heteroatoms. The van der Waals surface area contributed by atoms with E-state index in [2.05, 4.69) is 15.0 Å². The van der Waals surface area contributed by atoms with Crippen LogP contribution >= 0.6 is 0 Å². The van der Waals surface area contributed by atoms with Gasteiger partial charge in [-0.15, -0.1) is 0 Å². The van der Waals surface area contributed by atoms with E-state index in [-0.39, 0.29) is 24.5 Å². The third-order valence-electron chi connectivity index (χ3n) is 7.05.